The summed E-state index contributed by atoms with van der Waals surface area (Å²) in [6.45, 7) is 1.18. The SMILES string of the molecule is O=C(CCC1CCCCN1)NCC(=O)NC1CC1. The van der Waals surface area contributed by atoms with Crippen LogP contribution in [0.5, 0.6) is 0 Å². The predicted octanol–water partition coefficient (Wildman–Crippen LogP) is 0.304. The van der Waals surface area contributed by atoms with Crippen molar-refractivity contribution < 1.29 is 9.59 Å². The fraction of sp³-hybridized carbons (Fsp3) is 0.846. The van der Waals surface area contributed by atoms with Gasteiger partial charge in [0, 0.05) is 18.5 Å². The number of hydrogen-bond donors (Lipinski definition) is 3. The van der Waals surface area contributed by atoms with Crippen LogP contribution in [0.2, 0.25) is 0 Å². The van der Waals surface area contributed by atoms with E-state index >= 15 is 0 Å². The van der Waals surface area contributed by atoms with E-state index in [1.165, 1.54) is 12.8 Å². The molecule has 1 saturated carbocycles. The van der Waals surface area contributed by atoms with Crippen LogP contribution >= 0.6 is 0 Å². The topological polar surface area (TPSA) is 70.2 Å². The van der Waals surface area contributed by atoms with E-state index in [2.05, 4.69) is 16.0 Å². The summed E-state index contributed by atoms with van der Waals surface area (Å²) in [6, 6.07) is 0.839. The molecule has 2 rings (SSSR count). The highest BCUT2D eigenvalue weighted by atomic mass is 16.2. The van der Waals surface area contributed by atoms with Crippen LogP contribution < -0.4 is 16.0 Å². The van der Waals surface area contributed by atoms with Crippen molar-refractivity contribution in [2.24, 2.45) is 0 Å². The molecule has 1 saturated heterocycles. The lowest BCUT2D eigenvalue weighted by Gasteiger charge is -2.22. The molecule has 5 heteroatoms. The number of piperidine rings is 1. The monoisotopic (exact) mass is 253 g/mol. The minimum atomic E-state index is -0.0679. The number of nitrogens with one attached hydrogen (secondary N) is 3. The highest BCUT2D eigenvalue weighted by Crippen LogP contribution is 2.18. The Kier molecular flexibility index (Phi) is 4.99. The molecule has 2 amide bonds. The average Bonchev–Trinajstić information content (AvgIpc) is 3.19. The van der Waals surface area contributed by atoms with Gasteiger partial charge in [0.25, 0.3) is 0 Å². The van der Waals surface area contributed by atoms with Gasteiger partial charge in [0.15, 0.2) is 0 Å². The first kappa shape index (κ1) is 13.3. The molecule has 0 radical (unpaired) electrons. The molecule has 0 aromatic rings. The van der Waals surface area contributed by atoms with Crippen LogP contribution in [0.3, 0.4) is 0 Å². The van der Waals surface area contributed by atoms with Crippen LogP contribution in [0.25, 0.3) is 0 Å². The van der Waals surface area contributed by atoms with Crippen molar-refractivity contribution in [1.82, 2.24) is 16.0 Å². The lowest BCUT2D eigenvalue weighted by atomic mass is 10.0. The quantitative estimate of drug-likeness (QED) is 0.638. The molecule has 18 heavy (non-hydrogen) atoms. The number of carbonyl (C=O) groups is 2. The Morgan fingerprint density at radius 2 is 1.94 bits per heavy atom. The van der Waals surface area contributed by atoms with Gasteiger partial charge < -0.3 is 16.0 Å². The second kappa shape index (κ2) is 6.73. The first-order valence-corrected chi connectivity index (χ1v) is 7.03. The van der Waals surface area contributed by atoms with Crippen LogP contribution in [0.4, 0.5) is 0 Å². The molecule has 3 N–H and O–H groups in total. The van der Waals surface area contributed by atoms with E-state index in [1.54, 1.807) is 0 Å². The Bertz CT molecular complexity index is 297. The molecule has 0 aromatic carbocycles. The standard InChI is InChI=1S/C13H23N3O2/c17-12(7-6-10-3-1-2-8-14-10)15-9-13(18)16-11-4-5-11/h10-11,14H,1-9H2,(H,15,17)(H,16,18). The van der Waals surface area contributed by atoms with Crippen molar-refractivity contribution in [1.29, 1.82) is 0 Å². The van der Waals surface area contributed by atoms with E-state index in [-0.39, 0.29) is 18.4 Å². The molecule has 1 unspecified atom stereocenters. The zero-order valence-electron chi connectivity index (χ0n) is 10.8. The van der Waals surface area contributed by atoms with E-state index in [9.17, 15) is 9.59 Å². The summed E-state index contributed by atoms with van der Waals surface area (Å²) in [5, 5.41) is 8.94. The van der Waals surface area contributed by atoms with Crippen LogP contribution in [-0.2, 0) is 9.59 Å². The molecule has 0 aromatic heterocycles. The molecule has 0 bridgehead atoms. The summed E-state index contributed by atoms with van der Waals surface area (Å²) < 4.78 is 0. The van der Waals surface area contributed by atoms with E-state index in [4.69, 9.17) is 0 Å². The Balaban J connectivity index is 1.52. The van der Waals surface area contributed by atoms with Crippen molar-refractivity contribution in [3.8, 4) is 0 Å². The molecule has 5 nitrogen and oxygen atoms in total. The van der Waals surface area contributed by atoms with Crippen LogP contribution in [0.15, 0.2) is 0 Å². The average molecular weight is 253 g/mol. The number of rotatable bonds is 6. The highest BCUT2D eigenvalue weighted by Gasteiger charge is 2.23. The molecule has 2 fully saturated rings. The van der Waals surface area contributed by atoms with E-state index < -0.39 is 0 Å². The van der Waals surface area contributed by atoms with Crippen LogP contribution in [0, 0.1) is 0 Å². The third-order valence-corrected chi connectivity index (χ3v) is 3.52. The van der Waals surface area contributed by atoms with Crippen LogP contribution in [0.1, 0.15) is 44.9 Å². The minimum Gasteiger partial charge on any atom is -0.352 e. The van der Waals surface area contributed by atoms with E-state index in [0.717, 1.165) is 32.2 Å². The maximum Gasteiger partial charge on any atom is 0.239 e. The normalized spacial score (nSPS) is 23.4. The Labute approximate surface area is 108 Å². The highest BCUT2D eigenvalue weighted by molar-refractivity contribution is 5.84. The second-order valence-corrected chi connectivity index (χ2v) is 5.30. The van der Waals surface area contributed by atoms with Crippen molar-refractivity contribution in [3.63, 3.8) is 0 Å². The zero-order valence-corrected chi connectivity index (χ0v) is 10.8. The maximum atomic E-state index is 11.6. The van der Waals surface area contributed by atoms with Gasteiger partial charge in [-0.1, -0.05) is 6.42 Å². The van der Waals surface area contributed by atoms with Crippen molar-refractivity contribution in [2.45, 2.75) is 57.0 Å². The first-order chi connectivity index (χ1) is 8.74. The third kappa shape index (κ3) is 5.04. The molecule has 1 atom stereocenters. The summed E-state index contributed by atoms with van der Waals surface area (Å²) in [5.41, 5.74) is 0. The van der Waals surface area contributed by atoms with E-state index in [0.29, 0.717) is 18.5 Å². The molecule has 1 heterocycles. The largest absolute Gasteiger partial charge is 0.352 e. The molecule has 1 aliphatic heterocycles. The molecule has 0 spiro atoms. The minimum absolute atomic E-state index is 0.0201. The van der Waals surface area contributed by atoms with Gasteiger partial charge >= 0.3 is 0 Å². The zero-order chi connectivity index (χ0) is 12.8. The Morgan fingerprint density at radius 1 is 1.11 bits per heavy atom. The maximum absolute atomic E-state index is 11.6. The molecule has 1 aliphatic carbocycles. The van der Waals surface area contributed by atoms with Gasteiger partial charge in [-0.3, -0.25) is 9.59 Å². The lowest BCUT2D eigenvalue weighted by molar-refractivity contribution is -0.126. The summed E-state index contributed by atoms with van der Waals surface area (Å²) in [5.74, 6) is -0.0880. The van der Waals surface area contributed by atoms with Gasteiger partial charge in [0.05, 0.1) is 6.54 Å². The number of hydrogen-bond acceptors (Lipinski definition) is 3. The molecular formula is C13H23N3O2. The lowest BCUT2D eigenvalue weighted by Crippen LogP contribution is -2.39. The van der Waals surface area contributed by atoms with E-state index in [1.807, 2.05) is 0 Å². The summed E-state index contributed by atoms with van der Waals surface area (Å²) >= 11 is 0. The fourth-order valence-corrected chi connectivity index (χ4v) is 2.25. The van der Waals surface area contributed by atoms with Crippen molar-refractivity contribution in [2.75, 3.05) is 13.1 Å². The van der Waals surface area contributed by atoms with Gasteiger partial charge in [-0.2, -0.15) is 0 Å². The Morgan fingerprint density at radius 3 is 2.61 bits per heavy atom. The van der Waals surface area contributed by atoms with Crippen molar-refractivity contribution >= 4 is 11.8 Å². The second-order valence-electron chi connectivity index (χ2n) is 5.30. The summed E-state index contributed by atoms with van der Waals surface area (Å²) in [7, 11) is 0. The summed E-state index contributed by atoms with van der Waals surface area (Å²) in [4.78, 5) is 22.9. The third-order valence-electron chi connectivity index (χ3n) is 3.52. The fourth-order valence-electron chi connectivity index (χ4n) is 2.25. The molecule has 102 valence electrons. The first-order valence-electron chi connectivity index (χ1n) is 7.03. The van der Waals surface area contributed by atoms with Gasteiger partial charge in [0.2, 0.25) is 11.8 Å². The molecule has 2 aliphatic rings. The smallest absolute Gasteiger partial charge is 0.239 e. The van der Waals surface area contributed by atoms with Gasteiger partial charge in [0.1, 0.15) is 0 Å². The number of carbonyl (C=O) groups excluding carboxylic acids is 2. The van der Waals surface area contributed by atoms with Gasteiger partial charge in [-0.15, -0.1) is 0 Å². The van der Waals surface area contributed by atoms with Crippen LogP contribution in [-0.4, -0.2) is 37.0 Å². The summed E-state index contributed by atoms with van der Waals surface area (Å²) in [6.07, 6.45) is 7.19. The Hall–Kier alpha value is -1.10. The van der Waals surface area contributed by atoms with Gasteiger partial charge in [-0.25, -0.2) is 0 Å². The van der Waals surface area contributed by atoms with Crippen molar-refractivity contribution in [3.05, 3.63) is 0 Å². The molecular weight excluding hydrogens is 230 g/mol. The predicted molar refractivity (Wildman–Crippen MR) is 69.1 cm³/mol. The number of amides is 2. The van der Waals surface area contributed by atoms with Gasteiger partial charge in [-0.05, 0) is 38.6 Å².